The Labute approximate surface area is 173 Å². The quantitative estimate of drug-likeness (QED) is 0.560. The maximum absolute atomic E-state index is 10.7. The van der Waals surface area contributed by atoms with E-state index in [1.807, 2.05) is 49.3 Å². The lowest BCUT2D eigenvalue weighted by Gasteiger charge is -2.19. The number of pyridine rings is 1. The summed E-state index contributed by atoms with van der Waals surface area (Å²) in [5.41, 5.74) is 2.98. The zero-order valence-electron chi connectivity index (χ0n) is 14.2. The molecule has 1 heterocycles. The molecule has 0 fully saturated rings. The summed E-state index contributed by atoms with van der Waals surface area (Å²) < 4.78 is 0. The Balaban J connectivity index is 0.00000243. The van der Waals surface area contributed by atoms with E-state index in [-0.39, 0.29) is 12.4 Å². The lowest BCUT2D eigenvalue weighted by molar-refractivity contribution is 0.139. The number of rotatable bonds is 4. The maximum Gasteiger partial charge on any atom is 0.0924 e. The molecule has 0 spiro atoms. The average Bonchev–Trinajstić information content (AvgIpc) is 2.54. The molecule has 1 unspecified atom stereocenters. The summed E-state index contributed by atoms with van der Waals surface area (Å²) >= 11 is 18.5. The highest BCUT2D eigenvalue weighted by molar-refractivity contribution is 6.38. The molecule has 26 heavy (non-hydrogen) atoms. The number of halogens is 4. The van der Waals surface area contributed by atoms with Gasteiger partial charge in [0.1, 0.15) is 0 Å². The molecule has 3 rings (SSSR count). The molecule has 3 nitrogen and oxygen atoms in total. The molecular formula is C19H18Cl4N2O. The smallest absolute Gasteiger partial charge is 0.0924 e. The van der Waals surface area contributed by atoms with Crippen molar-refractivity contribution in [3.8, 4) is 11.3 Å². The fourth-order valence-electron chi connectivity index (χ4n) is 2.77. The lowest BCUT2D eigenvalue weighted by atomic mass is 10.00. The zero-order chi connectivity index (χ0) is 18.1. The molecule has 0 aliphatic rings. The third-order valence-corrected chi connectivity index (χ3v) is 4.66. The first-order valence-electron chi connectivity index (χ1n) is 7.73. The van der Waals surface area contributed by atoms with Gasteiger partial charge < -0.3 is 10.0 Å². The summed E-state index contributed by atoms with van der Waals surface area (Å²) in [5.74, 6) is 0. The molecule has 2 aromatic carbocycles. The average molecular weight is 432 g/mol. The van der Waals surface area contributed by atoms with E-state index >= 15 is 0 Å². The van der Waals surface area contributed by atoms with E-state index in [0.29, 0.717) is 27.1 Å². The van der Waals surface area contributed by atoms with E-state index in [4.69, 9.17) is 34.8 Å². The van der Waals surface area contributed by atoms with Gasteiger partial charge in [-0.25, -0.2) is 4.98 Å². The van der Waals surface area contributed by atoms with Crippen LogP contribution in [0.1, 0.15) is 11.7 Å². The first kappa shape index (κ1) is 21.2. The van der Waals surface area contributed by atoms with Crippen molar-refractivity contribution in [3.05, 3.63) is 63.1 Å². The molecular weight excluding hydrogens is 414 g/mol. The van der Waals surface area contributed by atoms with Gasteiger partial charge in [-0.05, 0) is 50.0 Å². The van der Waals surface area contributed by atoms with Crippen LogP contribution in [-0.4, -0.2) is 35.6 Å². The largest absolute Gasteiger partial charge is 0.387 e. The summed E-state index contributed by atoms with van der Waals surface area (Å²) in [7, 11) is 3.82. The van der Waals surface area contributed by atoms with Gasteiger partial charge in [0.15, 0.2) is 0 Å². The van der Waals surface area contributed by atoms with Crippen molar-refractivity contribution < 1.29 is 5.11 Å². The molecule has 138 valence electrons. The highest BCUT2D eigenvalue weighted by Gasteiger charge is 2.17. The summed E-state index contributed by atoms with van der Waals surface area (Å²) in [4.78, 5) is 6.60. The molecule has 0 aliphatic carbocycles. The number of aliphatic hydroxyl groups is 1. The van der Waals surface area contributed by atoms with Gasteiger partial charge in [0.05, 0.1) is 22.3 Å². The summed E-state index contributed by atoms with van der Waals surface area (Å²) in [6.07, 6.45) is -0.693. The lowest BCUT2D eigenvalue weighted by Crippen LogP contribution is -2.20. The Morgan fingerprint density at radius 2 is 1.65 bits per heavy atom. The first-order chi connectivity index (χ1) is 11.8. The SMILES string of the molecule is CN(C)CC(O)c1cc(-c2ccc(Cl)cc2)nc2c(Cl)cc(Cl)cc12.Cl. The van der Waals surface area contributed by atoms with Crippen LogP contribution in [0.3, 0.4) is 0 Å². The molecule has 7 heteroatoms. The monoisotopic (exact) mass is 430 g/mol. The fourth-order valence-corrected chi connectivity index (χ4v) is 3.43. The zero-order valence-corrected chi connectivity index (χ0v) is 17.3. The molecule has 0 saturated carbocycles. The van der Waals surface area contributed by atoms with Gasteiger partial charge in [0.25, 0.3) is 0 Å². The second-order valence-corrected chi connectivity index (χ2v) is 7.45. The van der Waals surface area contributed by atoms with Crippen LogP contribution in [0.25, 0.3) is 22.2 Å². The Morgan fingerprint density at radius 3 is 2.27 bits per heavy atom. The van der Waals surface area contributed by atoms with Crippen LogP contribution in [-0.2, 0) is 0 Å². The number of likely N-dealkylation sites (N-methyl/N-ethyl adjacent to an activating group) is 1. The van der Waals surface area contributed by atoms with Gasteiger partial charge in [-0.3, -0.25) is 0 Å². The molecule has 0 aliphatic heterocycles. The molecule has 1 aromatic heterocycles. The Bertz CT molecular complexity index is 914. The molecule has 0 amide bonds. The van der Waals surface area contributed by atoms with Gasteiger partial charge in [-0.15, -0.1) is 12.4 Å². The molecule has 1 N–H and O–H groups in total. The number of benzene rings is 2. The van der Waals surface area contributed by atoms with Crippen LogP contribution in [0.5, 0.6) is 0 Å². The number of nitrogens with zero attached hydrogens (tertiary/aromatic N) is 2. The minimum absolute atomic E-state index is 0. The van der Waals surface area contributed by atoms with Gasteiger partial charge in [-0.2, -0.15) is 0 Å². The third kappa shape index (κ3) is 4.61. The van der Waals surface area contributed by atoms with E-state index in [2.05, 4.69) is 4.98 Å². The van der Waals surface area contributed by atoms with Crippen molar-refractivity contribution in [1.29, 1.82) is 0 Å². The van der Waals surface area contributed by atoms with E-state index < -0.39 is 6.10 Å². The highest BCUT2D eigenvalue weighted by Crippen LogP contribution is 2.34. The van der Waals surface area contributed by atoms with Crippen molar-refractivity contribution in [2.45, 2.75) is 6.10 Å². The molecule has 3 aromatic rings. The van der Waals surface area contributed by atoms with Crippen molar-refractivity contribution in [3.63, 3.8) is 0 Å². The third-order valence-electron chi connectivity index (χ3n) is 3.90. The predicted octanol–water partition coefficient (Wildman–Crippen LogP) is 5.88. The van der Waals surface area contributed by atoms with Crippen molar-refractivity contribution in [1.82, 2.24) is 9.88 Å². The molecule has 1 atom stereocenters. The predicted molar refractivity (Wildman–Crippen MR) is 113 cm³/mol. The van der Waals surface area contributed by atoms with Gasteiger partial charge >= 0.3 is 0 Å². The fraction of sp³-hybridized carbons (Fsp3) is 0.211. The van der Waals surface area contributed by atoms with Gasteiger partial charge in [0, 0.05) is 27.5 Å². The minimum Gasteiger partial charge on any atom is -0.387 e. The highest BCUT2D eigenvalue weighted by atomic mass is 35.5. The summed E-state index contributed by atoms with van der Waals surface area (Å²) in [6.45, 7) is 0.475. The standard InChI is InChI=1S/C19H17Cl3N2O.ClH/c1-24(2)10-18(25)14-9-17(11-3-5-12(20)6-4-11)23-19-15(14)7-13(21)8-16(19)22;/h3-9,18,25H,10H2,1-2H3;1H. The number of aliphatic hydroxyl groups excluding tert-OH is 1. The number of fused-ring (bicyclic) bond motifs is 1. The maximum atomic E-state index is 10.7. The Hall–Kier alpha value is -1.07. The van der Waals surface area contributed by atoms with Crippen molar-refractivity contribution in [2.24, 2.45) is 0 Å². The van der Waals surface area contributed by atoms with Gasteiger partial charge in [0.2, 0.25) is 0 Å². The summed E-state index contributed by atoms with van der Waals surface area (Å²) in [6, 6.07) is 12.7. The minimum atomic E-state index is -0.693. The second kappa shape index (κ2) is 8.75. The number of hydrogen-bond acceptors (Lipinski definition) is 3. The molecule has 0 bridgehead atoms. The van der Waals surface area contributed by atoms with E-state index in [1.54, 1.807) is 12.1 Å². The van der Waals surface area contributed by atoms with Crippen LogP contribution in [0, 0.1) is 0 Å². The Morgan fingerprint density at radius 1 is 1.00 bits per heavy atom. The van der Waals surface area contributed by atoms with E-state index in [9.17, 15) is 5.11 Å². The van der Waals surface area contributed by atoms with Gasteiger partial charge in [-0.1, -0.05) is 46.9 Å². The van der Waals surface area contributed by atoms with Crippen molar-refractivity contribution in [2.75, 3.05) is 20.6 Å². The van der Waals surface area contributed by atoms with Crippen LogP contribution in [0.4, 0.5) is 0 Å². The van der Waals surface area contributed by atoms with E-state index in [0.717, 1.165) is 22.2 Å². The number of aromatic nitrogens is 1. The second-order valence-electron chi connectivity index (χ2n) is 6.17. The van der Waals surface area contributed by atoms with E-state index in [1.165, 1.54) is 0 Å². The topological polar surface area (TPSA) is 36.4 Å². The number of hydrogen-bond donors (Lipinski definition) is 1. The normalized spacial score (nSPS) is 12.3. The van der Waals surface area contributed by atoms with Crippen molar-refractivity contribution >= 4 is 58.1 Å². The summed E-state index contributed by atoms with van der Waals surface area (Å²) in [5, 5.41) is 13.1. The molecule has 0 saturated heterocycles. The Kier molecular flexibility index (Phi) is 7.14. The van der Waals surface area contributed by atoms with Crippen LogP contribution in [0.15, 0.2) is 42.5 Å². The first-order valence-corrected chi connectivity index (χ1v) is 8.87. The van der Waals surface area contributed by atoms with Crippen LogP contribution < -0.4 is 0 Å². The van der Waals surface area contributed by atoms with Crippen LogP contribution >= 0.6 is 47.2 Å². The van der Waals surface area contributed by atoms with Crippen LogP contribution in [0.2, 0.25) is 15.1 Å². The molecule has 0 radical (unpaired) electrons.